The monoisotopic (exact) mass is 271 g/mol. The highest BCUT2D eigenvalue weighted by Gasteiger charge is 2.14. The predicted octanol–water partition coefficient (Wildman–Crippen LogP) is 2.29. The van der Waals surface area contributed by atoms with Crippen LogP contribution in [0.1, 0.15) is 29.9 Å². The van der Waals surface area contributed by atoms with E-state index in [0.29, 0.717) is 10.7 Å². The Kier molecular flexibility index (Phi) is 3.52. The molecule has 0 aliphatic carbocycles. The molecule has 1 aromatic heterocycles. The Labute approximate surface area is 115 Å². The molecule has 0 fully saturated rings. The largest absolute Gasteiger partial charge is 0.324 e. The summed E-state index contributed by atoms with van der Waals surface area (Å²) in [5, 5.41) is 18.4. The number of hydrogen-bond acceptors (Lipinski definition) is 4. The molecule has 0 aliphatic heterocycles. The molecule has 2 rings (SSSR count). The molecule has 6 heteroatoms. The van der Waals surface area contributed by atoms with Crippen LogP contribution in [-0.4, -0.2) is 9.55 Å². The smallest absolute Gasteiger partial charge is 0.177 e. The Morgan fingerprint density at radius 1 is 1.37 bits per heavy atom. The van der Waals surface area contributed by atoms with E-state index in [9.17, 15) is 0 Å². The Hall–Kier alpha value is -2.34. The van der Waals surface area contributed by atoms with Crippen molar-refractivity contribution in [3.8, 4) is 17.8 Å². The van der Waals surface area contributed by atoms with Crippen molar-refractivity contribution in [3.05, 3.63) is 46.5 Å². The Morgan fingerprint density at radius 3 is 2.63 bits per heavy atom. The van der Waals surface area contributed by atoms with Crippen LogP contribution in [0, 0.1) is 22.7 Å². The van der Waals surface area contributed by atoms with Gasteiger partial charge in [0.1, 0.15) is 18.5 Å². The van der Waals surface area contributed by atoms with Crippen LogP contribution in [0.5, 0.6) is 0 Å². The van der Waals surface area contributed by atoms with Crippen LogP contribution in [0.3, 0.4) is 0 Å². The highest BCUT2D eigenvalue weighted by Crippen LogP contribution is 2.25. The van der Waals surface area contributed by atoms with Crippen molar-refractivity contribution < 1.29 is 0 Å². The average molecular weight is 272 g/mol. The minimum atomic E-state index is -0.126. The molecule has 2 N–H and O–H groups in total. The van der Waals surface area contributed by atoms with Crippen molar-refractivity contribution in [1.29, 1.82) is 10.5 Å². The number of rotatable bonds is 2. The van der Waals surface area contributed by atoms with E-state index in [2.05, 4.69) is 4.98 Å². The maximum atomic E-state index is 9.09. The van der Waals surface area contributed by atoms with Crippen molar-refractivity contribution in [2.45, 2.75) is 13.0 Å². The van der Waals surface area contributed by atoms with Gasteiger partial charge in [0.2, 0.25) is 0 Å². The third-order valence-corrected chi connectivity index (χ3v) is 3.04. The SMILES string of the molecule is C[C@H](N)c1ccc(-n2cnc(C#N)c2C#N)c(Cl)c1. The van der Waals surface area contributed by atoms with E-state index in [1.807, 2.05) is 25.1 Å². The van der Waals surface area contributed by atoms with Crippen LogP contribution in [0.4, 0.5) is 0 Å². The van der Waals surface area contributed by atoms with Gasteiger partial charge in [0, 0.05) is 6.04 Å². The summed E-state index contributed by atoms with van der Waals surface area (Å²) in [5.74, 6) is 0. The van der Waals surface area contributed by atoms with Gasteiger partial charge in [-0.3, -0.25) is 4.57 Å². The van der Waals surface area contributed by atoms with E-state index in [-0.39, 0.29) is 17.4 Å². The first kappa shape index (κ1) is 13.1. The molecule has 94 valence electrons. The van der Waals surface area contributed by atoms with E-state index in [4.69, 9.17) is 27.9 Å². The van der Waals surface area contributed by atoms with Crippen LogP contribution < -0.4 is 5.73 Å². The first-order chi connectivity index (χ1) is 9.08. The second-order valence-electron chi connectivity index (χ2n) is 4.03. The number of halogens is 1. The lowest BCUT2D eigenvalue weighted by Crippen LogP contribution is -2.06. The van der Waals surface area contributed by atoms with Crippen LogP contribution >= 0.6 is 11.6 Å². The lowest BCUT2D eigenvalue weighted by molar-refractivity contribution is 0.817. The molecule has 0 aliphatic rings. The van der Waals surface area contributed by atoms with E-state index < -0.39 is 0 Å². The van der Waals surface area contributed by atoms with Gasteiger partial charge < -0.3 is 5.73 Å². The maximum Gasteiger partial charge on any atom is 0.177 e. The van der Waals surface area contributed by atoms with Gasteiger partial charge >= 0.3 is 0 Å². The molecule has 0 saturated heterocycles. The number of hydrogen-bond donors (Lipinski definition) is 1. The second kappa shape index (κ2) is 5.11. The topological polar surface area (TPSA) is 91.4 Å². The number of nitrogens with two attached hydrogens (primary N) is 1. The maximum absolute atomic E-state index is 9.09. The van der Waals surface area contributed by atoms with Crippen molar-refractivity contribution in [3.63, 3.8) is 0 Å². The van der Waals surface area contributed by atoms with Crippen LogP contribution in [0.2, 0.25) is 5.02 Å². The highest BCUT2D eigenvalue weighted by atomic mass is 35.5. The molecule has 0 amide bonds. The van der Waals surface area contributed by atoms with E-state index >= 15 is 0 Å². The minimum absolute atomic E-state index is 0.0786. The summed E-state index contributed by atoms with van der Waals surface area (Å²) in [4.78, 5) is 3.88. The molecule has 2 aromatic rings. The lowest BCUT2D eigenvalue weighted by atomic mass is 10.1. The van der Waals surface area contributed by atoms with Gasteiger partial charge in [0.25, 0.3) is 0 Å². The third kappa shape index (κ3) is 2.30. The molecule has 19 heavy (non-hydrogen) atoms. The lowest BCUT2D eigenvalue weighted by Gasteiger charge is -2.10. The number of aromatic nitrogens is 2. The van der Waals surface area contributed by atoms with Gasteiger partial charge in [-0.15, -0.1) is 0 Å². The molecule has 0 radical (unpaired) electrons. The summed E-state index contributed by atoms with van der Waals surface area (Å²) in [5.41, 5.74) is 7.51. The van der Waals surface area contributed by atoms with Gasteiger partial charge in [-0.25, -0.2) is 4.98 Å². The van der Waals surface area contributed by atoms with E-state index in [1.54, 1.807) is 12.1 Å². The summed E-state index contributed by atoms with van der Waals surface area (Å²) in [6.45, 7) is 1.86. The summed E-state index contributed by atoms with van der Waals surface area (Å²) >= 11 is 6.19. The average Bonchev–Trinajstić information content (AvgIpc) is 2.80. The Morgan fingerprint density at radius 2 is 2.11 bits per heavy atom. The molecular weight excluding hydrogens is 262 g/mol. The van der Waals surface area contributed by atoms with Gasteiger partial charge in [-0.05, 0) is 24.6 Å². The molecule has 0 saturated carbocycles. The standard InChI is InChI=1S/C13H10ClN5/c1-8(17)9-2-3-12(10(14)4-9)19-7-18-11(5-15)13(19)6-16/h2-4,7-8H,17H2,1H3/t8-/m0/s1. The second-order valence-corrected chi connectivity index (χ2v) is 4.44. The molecule has 1 aromatic carbocycles. The fraction of sp³-hybridized carbons (Fsp3) is 0.154. The summed E-state index contributed by atoms with van der Waals surface area (Å²) < 4.78 is 1.49. The predicted molar refractivity (Wildman–Crippen MR) is 70.6 cm³/mol. The van der Waals surface area contributed by atoms with Crippen molar-refractivity contribution in [2.75, 3.05) is 0 Å². The zero-order valence-electron chi connectivity index (χ0n) is 10.1. The number of benzene rings is 1. The first-order valence-electron chi connectivity index (χ1n) is 5.51. The Bertz CT molecular complexity index is 703. The third-order valence-electron chi connectivity index (χ3n) is 2.74. The minimum Gasteiger partial charge on any atom is -0.324 e. The van der Waals surface area contributed by atoms with Crippen molar-refractivity contribution in [1.82, 2.24) is 9.55 Å². The van der Waals surface area contributed by atoms with Crippen molar-refractivity contribution >= 4 is 11.6 Å². The summed E-state index contributed by atoms with van der Waals surface area (Å²) in [6, 6.07) is 9.03. The van der Waals surface area contributed by atoms with Crippen LogP contribution in [0.25, 0.3) is 5.69 Å². The zero-order valence-corrected chi connectivity index (χ0v) is 10.9. The number of nitrogens with zero attached hydrogens (tertiary/aromatic N) is 4. The van der Waals surface area contributed by atoms with Gasteiger partial charge in [0.15, 0.2) is 11.4 Å². The first-order valence-corrected chi connectivity index (χ1v) is 5.89. The van der Waals surface area contributed by atoms with Crippen molar-refractivity contribution in [2.24, 2.45) is 5.73 Å². The fourth-order valence-corrected chi connectivity index (χ4v) is 2.00. The summed E-state index contributed by atoms with van der Waals surface area (Å²) in [6.07, 6.45) is 1.41. The number of nitriles is 2. The molecule has 1 heterocycles. The molecule has 0 unspecified atom stereocenters. The van der Waals surface area contributed by atoms with E-state index in [1.165, 1.54) is 10.9 Å². The fourth-order valence-electron chi connectivity index (χ4n) is 1.72. The quantitative estimate of drug-likeness (QED) is 0.907. The van der Waals surface area contributed by atoms with Crippen LogP contribution in [0.15, 0.2) is 24.5 Å². The Balaban J connectivity index is 2.58. The van der Waals surface area contributed by atoms with Gasteiger partial charge in [-0.2, -0.15) is 10.5 Å². The highest BCUT2D eigenvalue weighted by molar-refractivity contribution is 6.32. The molecule has 0 bridgehead atoms. The summed E-state index contributed by atoms with van der Waals surface area (Å²) in [7, 11) is 0. The number of imidazole rings is 1. The van der Waals surface area contributed by atoms with E-state index in [0.717, 1.165) is 5.56 Å². The van der Waals surface area contributed by atoms with Crippen LogP contribution in [-0.2, 0) is 0 Å². The normalized spacial score (nSPS) is 11.6. The zero-order chi connectivity index (χ0) is 14.0. The van der Waals surface area contributed by atoms with Gasteiger partial charge in [0.05, 0.1) is 10.7 Å². The molecule has 0 spiro atoms. The van der Waals surface area contributed by atoms with Gasteiger partial charge in [-0.1, -0.05) is 17.7 Å². The molecule has 1 atom stereocenters. The molecule has 5 nitrogen and oxygen atoms in total. The molecular formula is C13H10ClN5.